The first kappa shape index (κ1) is 19.2. The Kier molecular flexibility index (Phi) is 7.04. The summed E-state index contributed by atoms with van der Waals surface area (Å²) in [6, 6.07) is 9.60. The number of nitrogens with zero attached hydrogens (tertiary/aromatic N) is 2. The summed E-state index contributed by atoms with van der Waals surface area (Å²) in [6.45, 7) is 10.2. The lowest BCUT2D eigenvalue weighted by Gasteiger charge is -2.37. The van der Waals surface area contributed by atoms with E-state index in [0.29, 0.717) is 18.7 Å². The molecule has 0 spiro atoms. The SMILES string of the molecule is Cc1nc(COc2ccc(CN3CC(C)NCC3C)cc2)cs1.Cl. The van der Waals surface area contributed by atoms with Gasteiger partial charge in [-0.1, -0.05) is 12.1 Å². The van der Waals surface area contributed by atoms with Crippen molar-refractivity contribution < 1.29 is 4.74 Å². The lowest BCUT2D eigenvalue weighted by atomic mass is 10.1. The van der Waals surface area contributed by atoms with Gasteiger partial charge in [0, 0.05) is 37.1 Å². The van der Waals surface area contributed by atoms with Gasteiger partial charge in [0.05, 0.1) is 10.7 Å². The van der Waals surface area contributed by atoms with Crippen LogP contribution in [0.5, 0.6) is 5.75 Å². The largest absolute Gasteiger partial charge is 0.487 e. The minimum Gasteiger partial charge on any atom is -0.487 e. The van der Waals surface area contributed by atoms with E-state index < -0.39 is 0 Å². The number of rotatable bonds is 5. The van der Waals surface area contributed by atoms with Crippen LogP contribution in [0.1, 0.15) is 30.1 Å². The molecule has 4 nitrogen and oxygen atoms in total. The molecule has 24 heavy (non-hydrogen) atoms. The quantitative estimate of drug-likeness (QED) is 0.875. The van der Waals surface area contributed by atoms with Crippen LogP contribution in [0.3, 0.4) is 0 Å². The maximum atomic E-state index is 5.81. The highest BCUT2D eigenvalue weighted by Gasteiger charge is 2.22. The molecule has 0 aliphatic carbocycles. The Balaban J connectivity index is 0.00000208. The Bertz CT molecular complexity index is 631. The second-order valence-electron chi connectivity index (χ2n) is 6.38. The number of hydrogen-bond acceptors (Lipinski definition) is 5. The highest BCUT2D eigenvalue weighted by molar-refractivity contribution is 7.09. The van der Waals surface area contributed by atoms with Crippen molar-refractivity contribution in [3.05, 3.63) is 45.9 Å². The Morgan fingerprint density at radius 2 is 2.04 bits per heavy atom. The topological polar surface area (TPSA) is 37.4 Å². The molecule has 2 unspecified atom stereocenters. The third kappa shape index (κ3) is 5.18. The van der Waals surface area contributed by atoms with Crippen LogP contribution in [0, 0.1) is 6.92 Å². The fourth-order valence-electron chi connectivity index (χ4n) is 2.87. The molecule has 1 aromatic carbocycles. The van der Waals surface area contributed by atoms with Gasteiger partial charge in [-0.15, -0.1) is 23.7 Å². The molecule has 2 atom stereocenters. The lowest BCUT2D eigenvalue weighted by molar-refractivity contribution is 0.139. The van der Waals surface area contributed by atoms with Crippen LogP contribution < -0.4 is 10.1 Å². The van der Waals surface area contributed by atoms with Gasteiger partial charge in [0.1, 0.15) is 12.4 Å². The van der Waals surface area contributed by atoms with Crippen LogP contribution in [0.15, 0.2) is 29.6 Å². The van der Waals surface area contributed by atoms with Crippen LogP contribution >= 0.6 is 23.7 Å². The number of nitrogens with one attached hydrogen (secondary N) is 1. The van der Waals surface area contributed by atoms with E-state index in [0.717, 1.165) is 36.1 Å². The fourth-order valence-corrected chi connectivity index (χ4v) is 3.47. The van der Waals surface area contributed by atoms with Gasteiger partial charge >= 0.3 is 0 Å². The molecular weight excluding hydrogens is 342 g/mol. The monoisotopic (exact) mass is 367 g/mol. The molecule has 1 aliphatic rings. The third-order valence-corrected chi connectivity index (χ3v) is 5.08. The van der Waals surface area contributed by atoms with Gasteiger partial charge in [-0.2, -0.15) is 0 Å². The summed E-state index contributed by atoms with van der Waals surface area (Å²) in [4.78, 5) is 6.95. The molecule has 0 bridgehead atoms. The molecule has 1 aromatic heterocycles. The number of halogens is 1. The Morgan fingerprint density at radius 3 is 2.71 bits per heavy atom. The summed E-state index contributed by atoms with van der Waals surface area (Å²) >= 11 is 1.66. The summed E-state index contributed by atoms with van der Waals surface area (Å²) in [5.41, 5.74) is 2.34. The minimum atomic E-state index is 0. The summed E-state index contributed by atoms with van der Waals surface area (Å²) < 4.78 is 5.81. The molecule has 132 valence electrons. The number of thiazole rings is 1. The van der Waals surface area contributed by atoms with Gasteiger partial charge in [0.25, 0.3) is 0 Å². The Morgan fingerprint density at radius 1 is 1.29 bits per heavy atom. The van der Waals surface area contributed by atoms with Crippen molar-refractivity contribution in [1.82, 2.24) is 15.2 Å². The molecule has 1 saturated heterocycles. The smallest absolute Gasteiger partial charge is 0.131 e. The average Bonchev–Trinajstić information content (AvgIpc) is 2.96. The number of aromatic nitrogens is 1. The van der Waals surface area contributed by atoms with Gasteiger partial charge in [0.2, 0.25) is 0 Å². The van der Waals surface area contributed by atoms with E-state index in [2.05, 4.69) is 58.7 Å². The van der Waals surface area contributed by atoms with Crippen molar-refractivity contribution in [3.8, 4) is 5.75 Å². The summed E-state index contributed by atoms with van der Waals surface area (Å²) in [7, 11) is 0. The number of aryl methyl sites for hydroxylation is 1. The van der Waals surface area contributed by atoms with E-state index in [1.165, 1.54) is 5.56 Å². The Hall–Kier alpha value is -1.14. The first-order chi connectivity index (χ1) is 11.1. The summed E-state index contributed by atoms with van der Waals surface area (Å²) in [5.74, 6) is 0.904. The van der Waals surface area contributed by atoms with Gasteiger partial charge < -0.3 is 10.1 Å². The van der Waals surface area contributed by atoms with Crippen LogP contribution in [0.25, 0.3) is 0 Å². The zero-order valence-corrected chi connectivity index (χ0v) is 16.1. The van der Waals surface area contributed by atoms with Crippen molar-refractivity contribution in [2.45, 2.75) is 46.0 Å². The van der Waals surface area contributed by atoms with Crippen molar-refractivity contribution in [2.24, 2.45) is 0 Å². The summed E-state index contributed by atoms with van der Waals surface area (Å²) in [5, 5.41) is 6.66. The van der Waals surface area contributed by atoms with E-state index >= 15 is 0 Å². The number of hydrogen-bond donors (Lipinski definition) is 1. The van der Waals surface area contributed by atoms with Gasteiger partial charge in [-0.05, 0) is 38.5 Å². The molecule has 0 saturated carbocycles. The second kappa shape index (κ2) is 8.81. The molecule has 6 heteroatoms. The molecule has 0 radical (unpaired) electrons. The highest BCUT2D eigenvalue weighted by atomic mass is 35.5. The first-order valence-corrected chi connectivity index (χ1v) is 9.08. The maximum Gasteiger partial charge on any atom is 0.131 e. The third-order valence-electron chi connectivity index (χ3n) is 4.26. The van der Waals surface area contributed by atoms with Crippen molar-refractivity contribution in [3.63, 3.8) is 0 Å². The zero-order valence-electron chi connectivity index (χ0n) is 14.5. The number of piperazine rings is 1. The lowest BCUT2D eigenvalue weighted by Crippen LogP contribution is -2.53. The van der Waals surface area contributed by atoms with Crippen molar-refractivity contribution in [2.75, 3.05) is 13.1 Å². The van der Waals surface area contributed by atoms with E-state index in [9.17, 15) is 0 Å². The molecule has 2 aromatic rings. The van der Waals surface area contributed by atoms with Gasteiger partial charge in [-0.3, -0.25) is 4.90 Å². The van der Waals surface area contributed by atoms with Crippen LogP contribution in [-0.4, -0.2) is 35.1 Å². The maximum absolute atomic E-state index is 5.81. The van der Waals surface area contributed by atoms with Gasteiger partial charge in [-0.25, -0.2) is 4.98 Å². The first-order valence-electron chi connectivity index (χ1n) is 8.20. The number of benzene rings is 1. The average molecular weight is 368 g/mol. The predicted octanol–water partition coefficient (Wildman–Crippen LogP) is 3.63. The molecule has 2 heterocycles. The van der Waals surface area contributed by atoms with E-state index in [4.69, 9.17) is 4.74 Å². The fraction of sp³-hybridized carbons (Fsp3) is 0.500. The normalized spacial score (nSPS) is 21.3. The Labute approximate surface area is 154 Å². The molecule has 3 rings (SSSR count). The highest BCUT2D eigenvalue weighted by Crippen LogP contribution is 2.18. The summed E-state index contributed by atoms with van der Waals surface area (Å²) in [6.07, 6.45) is 0. The standard InChI is InChI=1S/C18H25N3OS.ClH/c1-13-9-21(14(2)8-19-13)10-16-4-6-18(7-5-16)22-11-17-12-23-15(3)20-17;/h4-7,12-14,19H,8-11H2,1-3H3;1H. The molecule has 1 fully saturated rings. The van der Waals surface area contributed by atoms with E-state index in [1.807, 2.05) is 6.92 Å². The molecule has 0 amide bonds. The van der Waals surface area contributed by atoms with Gasteiger partial charge in [0.15, 0.2) is 0 Å². The molecule has 1 N–H and O–H groups in total. The van der Waals surface area contributed by atoms with Crippen LogP contribution in [-0.2, 0) is 13.2 Å². The minimum absolute atomic E-state index is 0. The molecule has 1 aliphatic heterocycles. The second-order valence-corrected chi connectivity index (χ2v) is 7.44. The van der Waals surface area contributed by atoms with E-state index in [-0.39, 0.29) is 12.4 Å². The van der Waals surface area contributed by atoms with Crippen molar-refractivity contribution in [1.29, 1.82) is 0 Å². The zero-order chi connectivity index (χ0) is 16.2. The van der Waals surface area contributed by atoms with Crippen LogP contribution in [0.4, 0.5) is 0 Å². The van der Waals surface area contributed by atoms with Crippen molar-refractivity contribution >= 4 is 23.7 Å². The molecular formula is C18H26ClN3OS. The van der Waals surface area contributed by atoms with E-state index in [1.54, 1.807) is 11.3 Å². The number of ether oxygens (including phenoxy) is 1. The predicted molar refractivity (Wildman–Crippen MR) is 102 cm³/mol. The van der Waals surface area contributed by atoms with Crippen LogP contribution in [0.2, 0.25) is 0 Å².